The Bertz CT molecular complexity index is 623. The van der Waals surface area contributed by atoms with Crippen LogP contribution in [-0.4, -0.2) is 31.1 Å². The van der Waals surface area contributed by atoms with E-state index in [-0.39, 0.29) is 0 Å². The third-order valence-corrected chi connectivity index (χ3v) is 4.60. The Balaban J connectivity index is 1.60. The monoisotopic (exact) mass is 294 g/mol. The van der Waals surface area contributed by atoms with Gasteiger partial charge in [0.25, 0.3) is 0 Å². The quantitative estimate of drug-likeness (QED) is 0.846. The molecule has 2 heteroatoms. The lowest BCUT2D eigenvalue weighted by atomic mass is 10.1. The van der Waals surface area contributed by atoms with E-state index in [2.05, 4.69) is 73.0 Å². The maximum atomic E-state index is 2.56. The van der Waals surface area contributed by atoms with Crippen LogP contribution in [0.15, 0.2) is 42.5 Å². The topological polar surface area (TPSA) is 6.48 Å². The van der Waals surface area contributed by atoms with Gasteiger partial charge in [-0.2, -0.15) is 0 Å². The van der Waals surface area contributed by atoms with Crippen molar-refractivity contribution < 1.29 is 0 Å². The Hall–Kier alpha value is -1.80. The van der Waals surface area contributed by atoms with Crippen LogP contribution in [0.2, 0.25) is 0 Å². The molecule has 0 N–H and O–H groups in total. The largest absolute Gasteiger partial charge is 0.369 e. The molecule has 2 aromatic rings. The van der Waals surface area contributed by atoms with Crippen LogP contribution in [0.1, 0.15) is 22.3 Å². The van der Waals surface area contributed by atoms with Crippen molar-refractivity contribution in [3.8, 4) is 0 Å². The fourth-order valence-electron chi connectivity index (χ4n) is 3.16. The molecule has 0 bridgehead atoms. The highest BCUT2D eigenvalue weighted by Crippen LogP contribution is 2.23. The summed E-state index contributed by atoms with van der Waals surface area (Å²) >= 11 is 0. The van der Waals surface area contributed by atoms with E-state index in [1.807, 2.05) is 0 Å². The van der Waals surface area contributed by atoms with Gasteiger partial charge in [-0.25, -0.2) is 0 Å². The first-order chi connectivity index (χ1) is 10.6. The van der Waals surface area contributed by atoms with Gasteiger partial charge in [0, 0.05) is 38.4 Å². The number of benzene rings is 2. The van der Waals surface area contributed by atoms with Crippen LogP contribution in [0.4, 0.5) is 5.69 Å². The number of nitrogens with zero attached hydrogens (tertiary/aromatic N) is 2. The molecule has 0 spiro atoms. The summed E-state index contributed by atoms with van der Waals surface area (Å²) < 4.78 is 0. The van der Waals surface area contributed by atoms with Gasteiger partial charge in [-0.05, 0) is 43.5 Å². The van der Waals surface area contributed by atoms with Crippen LogP contribution in [-0.2, 0) is 6.54 Å². The molecule has 1 fully saturated rings. The summed E-state index contributed by atoms with van der Waals surface area (Å²) in [6, 6.07) is 15.7. The Morgan fingerprint density at radius 2 is 1.41 bits per heavy atom. The van der Waals surface area contributed by atoms with Crippen LogP contribution >= 0.6 is 0 Å². The zero-order valence-electron chi connectivity index (χ0n) is 14.0. The Morgan fingerprint density at radius 3 is 2.09 bits per heavy atom. The number of hydrogen-bond donors (Lipinski definition) is 0. The second kappa shape index (κ2) is 6.53. The molecule has 0 saturated carbocycles. The van der Waals surface area contributed by atoms with Crippen molar-refractivity contribution in [3.05, 3.63) is 64.7 Å². The highest BCUT2D eigenvalue weighted by atomic mass is 15.3. The molecule has 2 nitrogen and oxygen atoms in total. The van der Waals surface area contributed by atoms with Crippen molar-refractivity contribution in [2.24, 2.45) is 0 Å². The van der Waals surface area contributed by atoms with Crippen LogP contribution < -0.4 is 4.90 Å². The standard InChI is InChI=1S/C20H26N2/c1-16-5-8-19(9-6-16)15-21-10-12-22(13-11-21)20-14-17(2)4-7-18(20)3/h4-9,14H,10-13,15H2,1-3H3. The zero-order chi connectivity index (χ0) is 15.5. The second-order valence-corrected chi connectivity index (χ2v) is 6.54. The van der Waals surface area contributed by atoms with Crippen LogP contribution in [0.3, 0.4) is 0 Å². The molecule has 1 aliphatic heterocycles. The summed E-state index contributed by atoms with van der Waals surface area (Å²) in [6.07, 6.45) is 0. The maximum Gasteiger partial charge on any atom is 0.0399 e. The first-order valence-electron chi connectivity index (χ1n) is 8.22. The van der Waals surface area contributed by atoms with Crippen LogP contribution in [0, 0.1) is 20.8 Å². The number of rotatable bonds is 3. The molecule has 22 heavy (non-hydrogen) atoms. The third kappa shape index (κ3) is 3.50. The average Bonchev–Trinajstić information content (AvgIpc) is 2.53. The minimum atomic E-state index is 1.07. The van der Waals surface area contributed by atoms with Gasteiger partial charge in [-0.15, -0.1) is 0 Å². The van der Waals surface area contributed by atoms with E-state index in [4.69, 9.17) is 0 Å². The van der Waals surface area contributed by atoms with E-state index in [0.29, 0.717) is 0 Å². The number of aryl methyl sites for hydroxylation is 3. The van der Waals surface area contributed by atoms with E-state index < -0.39 is 0 Å². The predicted molar refractivity (Wildman–Crippen MR) is 94.6 cm³/mol. The third-order valence-electron chi connectivity index (χ3n) is 4.60. The van der Waals surface area contributed by atoms with Gasteiger partial charge in [0.05, 0.1) is 0 Å². The van der Waals surface area contributed by atoms with Gasteiger partial charge in [0.2, 0.25) is 0 Å². The summed E-state index contributed by atoms with van der Waals surface area (Å²) in [7, 11) is 0. The molecule has 1 heterocycles. The van der Waals surface area contributed by atoms with Crippen molar-refractivity contribution >= 4 is 5.69 Å². The first-order valence-corrected chi connectivity index (χ1v) is 8.22. The van der Waals surface area contributed by atoms with E-state index in [9.17, 15) is 0 Å². The highest BCUT2D eigenvalue weighted by molar-refractivity contribution is 5.55. The van der Waals surface area contributed by atoms with E-state index in [1.165, 1.54) is 27.9 Å². The molecule has 0 aliphatic carbocycles. The molecule has 0 atom stereocenters. The summed E-state index contributed by atoms with van der Waals surface area (Å²) in [5, 5.41) is 0. The fourth-order valence-corrected chi connectivity index (χ4v) is 3.16. The molecule has 1 aliphatic rings. The Labute approximate surface area is 134 Å². The highest BCUT2D eigenvalue weighted by Gasteiger charge is 2.18. The SMILES string of the molecule is Cc1ccc(CN2CCN(c3cc(C)ccc3C)CC2)cc1. The number of hydrogen-bond acceptors (Lipinski definition) is 2. The predicted octanol–water partition coefficient (Wildman–Crippen LogP) is 3.93. The minimum Gasteiger partial charge on any atom is -0.369 e. The normalized spacial score (nSPS) is 16.0. The minimum absolute atomic E-state index is 1.07. The summed E-state index contributed by atoms with van der Waals surface area (Å²) in [6.45, 7) is 12.1. The van der Waals surface area contributed by atoms with E-state index in [1.54, 1.807) is 0 Å². The lowest BCUT2D eigenvalue weighted by Gasteiger charge is -2.37. The molecular weight excluding hydrogens is 268 g/mol. The van der Waals surface area contributed by atoms with Crippen molar-refractivity contribution in [1.29, 1.82) is 0 Å². The van der Waals surface area contributed by atoms with Crippen molar-refractivity contribution in [2.75, 3.05) is 31.1 Å². The van der Waals surface area contributed by atoms with Crippen LogP contribution in [0.5, 0.6) is 0 Å². The van der Waals surface area contributed by atoms with Gasteiger partial charge >= 0.3 is 0 Å². The molecule has 116 valence electrons. The zero-order valence-corrected chi connectivity index (χ0v) is 14.0. The van der Waals surface area contributed by atoms with E-state index in [0.717, 1.165) is 32.7 Å². The smallest absolute Gasteiger partial charge is 0.0399 e. The fraction of sp³-hybridized carbons (Fsp3) is 0.400. The maximum absolute atomic E-state index is 2.56. The molecule has 0 aromatic heterocycles. The summed E-state index contributed by atoms with van der Waals surface area (Å²) in [5.74, 6) is 0. The molecule has 0 radical (unpaired) electrons. The lowest BCUT2D eigenvalue weighted by Crippen LogP contribution is -2.46. The van der Waals surface area contributed by atoms with Crippen molar-refractivity contribution in [2.45, 2.75) is 27.3 Å². The Kier molecular flexibility index (Phi) is 4.49. The molecule has 1 saturated heterocycles. The molecule has 0 amide bonds. The molecular formula is C20H26N2. The van der Waals surface area contributed by atoms with E-state index >= 15 is 0 Å². The summed E-state index contributed by atoms with van der Waals surface area (Å²) in [4.78, 5) is 5.10. The van der Waals surface area contributed by atoms with Crippen molar-refractivity contribution in [1.82, 2.24) is 4.90 Å². The van der Waals surface area contributed by atoms with Gasteiger partial charge in [0.15, 0.2) is 0 Å². The van der Waals surface area contributed by atoms with Crippen LogP contribution in [0.25, 0.3) is 0 Å². The molecule has 3 rings (SSSR count). The Morgan fingerprint density at radius 1 is 0.773 bits per heavy atom. The molecule has 2 aromatic carbocycles. The summed E-state index contributed by atoms with van der Waals surface area (Å²) in [5.41, 5.74) is 6.91. The second-order valence-electron chi connectivity index (χ2n) is 6.54. The lowest BCUT2D eigenvalue weighted by molar-refractivity contribution is 0.250. The van der Waals surface area contributed by atoms with Crippen molar-refractivity contribution in [3.63, 3.8) is 0 Å². The number of piperazine rings is 1. The van der Waals surface area contributed by atoms with Gasteiger partial charge in [-0.3, -0.25) is 4.90 Å². The first kappa shape index (κ1) is 15.1. The van der Waals surface area contributed by atoms with Gasteiger partial charge in [-0.1, -0.05) is 42.0 Å². The molecule has 0 unspecified atom stereocenters. The average molecular weight is 294 g/mol. The van der Waals surface area contributed by atoms with Gasteiger partial charge in [0.1, 0.15) is 0 Å². The number of anilines is 1. The van der Waals surface area contributed by atoms with Gasteiger partial charge < -0.3 is 4.90 Å².